The molecule has 0 aromatic heterocycles. The fraction of sp³-hybridized carbons (Fsp3) is 0.600. The largest absolute Gasteiger partial charge is 0.385 e. The average molecular weight is 234 g/mol. The van der Waals surface area contributed by atoms with E-state index in [4.69, 9.17) is 4.74 Å². The summed E-state index contributed by atoms with van der Waals surface area (Å²) in [6.07, 6.45) is 1.59. The van der Waals surface area contributed by atoms with Gasteiger partial charge in [-0.2, -0.15) is 0 Å². The van der Waals surface area contributed by atoms with Gasteiger partial charge in [-0.1, -0.05) is 23.8 Å². The van der Waals surface area contributed by atoms with Crippen LogP contribution in [0.4, 0.5) is 0 Å². The van der Waals surface area contributed by atoms with Crippen LogP contribution in [0.5, 0.6) is 0 Å². The third-order valence-corrected chi connectivity index (χ3v) is 3.60. The standard InChI is InChI=1S/C15H22O2/c1-10-5-6-14(11(2)7-10)15(16)8-12(3)17-13(4)9-15/h5-7,12-13,16H,8-9H2,1-4H3. The number of benzene rings is 1. The van der Waals surface area contributed by atoms with E-state index < -0.39 is 5.60 Å². The minimum Gasteiger partial charge on any atom is -0.385 e. The molecule has 1 aromatic carbocycles. The van der Waals surface area contributed by atoms with Gasteiger partial charge in [0.15, 0.2) is 0 Å². The Labute approximate surface area is 104 Å². The van der Waals surface area contributed by atoms with Gasteiger partial charge in [-0.15, -0.1) is 0 Å². The van der Waals surface area contributed by atoms with Gasteiger partial charge in [0.25, 0.3) is 0 Å². The summed E-state index contributed by atoms with van der Waals surface area (Å²) in [5.74, 6) is 0. The molecule has 1 saturated heterocycles. The van der Waals surface area contributed by atoms with Crippen LogP contribution in [0.2, 0.25) is 0 Å². The maximum atomic E-state index is 10.9. The lowest BCUT2D eigenvalue weighted by atomic mass is 9.79. The molecule has 2 nitrogen and oxygen atoms in total. The first-order chi connectivity index (χ1) is 7.90. The Morgan fingerprint density at radius 1 is 1.18 bits per heavy atom. The lowest BCUT2D eigenvalue weighted by molar-refractivity contribution is -0.136. The Balaban J connectivity index is 2.36. The molecular formula is C15H22O2. The van der Waals surface area contributed by atoms with E-state index in [9.17, 15) is 5.11 Å². The number of ether oxygens (including phenoxy) is 1. The Hall–Kier alpha value is -0.860. The summed E-state index contributed by atoms with van der Waals surface area (Å²) in [6.45, 7) is 8.22. The number of hydrogen-bond acceptors (Lipinski definition) is 2. The lowest BCUT2D eigenvalue weighted by Crippen LogP contribution is -2.41. The van der Waals surface area contributed by atoms with Gasteiger partial charge in [0.1, 0.15) is 0 Å². The first kappa shape index (κ1) is 12.6. The normalized spacial score (nSPS) is 33.7. The van der Waals surface area contributed by atoms with Crippen LogP contribution < -0.4 is 0 Å². The van der Waals surface area contributed by atoms with Crippen LogP contribution in [-0.2, 0) is 10.3 Å². The van der Waals surface area contributed by atoms with Crippen molar-refractivity contribution < 1.29 is 9.84 Å². The summed E-state index contributed by atoms with van der Waals surface area (Å²) in [4.78, 5) is 0. The van der Waals surface area contributed by atoms with Crippen LogP contribution in [0, 0.1) is 13.8 Å². The summed E-state index contributed by atoms with van der Waals surface area (Å²) in [6, 6.07) is 6.28. The molecule has 2 unspecified atom stereocenters. The minimum absolute atomic E-state index is 0.115. The topological polar surface area (TPSA) is 29.5 Å². The SMILES string of the molecule is Cc1ccc(C2(O)CC(C)OC(C)C2)c(C)c1. The molecule has 0 saturated carbocycles. The second-order valence-electron chi connectivity index (χ2n) is 5.52. The average Bonchev–Trinajstić information content (AvgIpc) is 2.13. The summed E-state index contributed by atoms with van der Waals surface area (Å²) in [5.41, 5.74) is 2.75. The quantitative estimate of drug-likeness (QED) is 0.809. The predicted octanol–water partition coefficient (Wildman–Crippen LogP) is 3.08. The molecule has 1 aromatic rings. The van der Waals surface area contributed by atoms with Gasteiger partial charge in [-0.25, -0.2) is 0 Å². The molecule has 0 spiro atoms. The van der Waals surface area contributed by atoms with E-state index in [1.54, 1.807) is 0 Å². The van der Waals surface area contributed by atoms with Crippen molar-refractivity contribution in [3.05, 3.63) is 34.9 Å². The van der Waals surface area contributed by atoms with E-state index >= 15 is 0 Å². The van der Waals surface area contributed by atoms with Gasteiger partial charge < -0.3 is 9.84 Å². The Bertz CT molecular complexity index is 401. The van der Waals surface area contributed by atoms with Gasteiger partial charge in [0.05, 0.1) is 17.8 Å². The van der Waals surface area contributed by atoms with E-state index in [-0.39, 0.29) is 12.2 Å². The molecule has 1 aliphatic rings. The third kappa shape index (κ3) is 2.53. The van der Waals surface area contributed by atoms with Gasteiger partial charge in [-0.05, 0) is 38.8 Å². The summed E-state index contributed by atoms with van der Waals surface area (Å²) in [5, 5.41) is 10.9. The number of hydrogen-bond donors (Lipinski definition) is 1. The van der Waals surface area contributed by atoms with Crippen LogP contribution in [0.3, 0.4) is 0 Å². The van der Waals surface area contributed by atoms with Gasteiger partial charge in [0, 0.05) is 12.8 Å². The molecule has 17 heavy (non-hydrogen) atoms. The first-order valence-electron chi connectivity index (χ1n) is 6.36. The monoisotopic (exact) mass is 234 g/mol. The van der Waals surface area contributed by atoms with Crippen molar-refractivity contribution in [1.82, 2.24) is 0 Å². The van der Waals surface area contributed by atoms with E-state index in [0.29, 0.717) is 12.8 Å². The van der Waals surface area contributed by atoms with Crippen LogP contribution in [0.15, 0.2) is 18.2 Å². The second kappa shape index (κ2) is 4.43. The first-order valence-corrected chi connectivity index (χ1v) is 6.36. The van der Waals surface area contributed by atoms with Crippen LogP contribution >= 0.6 is 0 Å². The van der Waals surface area contributed by atoms with Crippen molar-refractivity contribution in [3.63, 3.8) is 0 Å². The van der Waals surface area contributed by atoms with Crippen molar-refractivity contribution >= 4 is 0 Å². The molecule has 2 heteroatoms. The Morgan fingerprint density at radius 3 is 2.29 bits per heavy atom. The smallest absolute Gasteiger partial charge is 0.0948 e. The highest BCUT2D eigenvalue weighted by Crippen LogP contribution is 2.38. The Morgan fingerprint density at radius 2 is 1.76 bits per heavy atom. The molecule has 1 aliphatic heterocycles. The van der Waals surface area contributed by atoms with E-state index in [1.807, 2.05) is 13.8 Å². The van der Waals surface area contributed by atoms with Gasteiger partial charge >= 0.3 is 0 Å². The molecule has 2 atom stereocenters. The minimum atomic E-state index is -0.727. The zero-order valence-corrected chi connectivity index (χ0v) is 11.2. The number of aryl methyl sites for hydroxylation is 2. The zero-order chi connectivity index (χ0) is 12.6. The maximum Gasteiger partial charge on any atom is 0.0948 e. The van der Waals surface area contributed by atoms with Crippen LogP contribution in [-0.4, -0.2) is 17.3 Å². The molecule has 94 valence electrons. The highest BCUT2D eigenvalue weighted by Gasteiger charge is 2.38. The van der Waals surface area contributed by atoms with E-state index in [2.05, 4.69) is 32.0 Å². The molecule has 1 N–H and O–H groups in total. The third-order valence-electron chi connectivity index (χ3n) is 3.60. The molecule has 1 heterocycles. The highest BCUT2D eigenvalue weighted by molar-refractivity contribution is 5.35. The number of aliphatic hydroxyl groups is 1. The van der Waals surface area contributed by atoms with Crippen molar-refractivity contribution in [2.75, 3.05) is 0 Å². The fourth-order valence-corrected chi connectivity index (χ4v) is 3.08. The van der Waals surface area contributed by atoms with Crippen molar-refractivity contribution in [3.8, 4) is 0 Å². The van der Waals surface area contributed by atoms with Crippen molar-refractivity contribution in [1.29, 1.82) is 0 Å². The molecule has 0 bridgehead atoms. The molecule has 0 aliphatic carbocycles. The van der Waals surface area contributed by atoms with E-state index in [0.717, 1.165) is 5.56 Å². The molecule has 0 amide bonds. The summed E-state index contributed by atoms with van der Waals surface area (Å²) in [7, 11) is 0. The van der Waals surface area contributed by atoms with Crippen LogP contribution in [0.25, 0.3) is 0 Å². The molecule has 1 fully saturated rings. The molecule has 2 rings (SSSR count). The van der Waals surface area contributed by atoms with Crippen LogP contribution in [0.1, 0.15) is 43.4 Å². The van der Waals surface area contributed by atoms with Crippen molar-refractivity contribution in [2.24, 2.45) is 0 Å². The zero-order valence-electron chi connectivity index (χ0n) is 11.2. The summed E-state index contributed by atoms with van der Waals surface area (Å²) >= 11 is 0. The maximum absolute atomic E-state index is 10.9. The summed E-state index contributed by atoms with van der Waals surface area (Å²) < 4.78 is 5.71. The van der Waals surface area contributed by atoms with E-state index in [1.165, 1.54) is 11.1 Å². The Kier molecular flexibility index (Phi) is 3.28. The van der Waals surface area contributed by atoms with Gasteiger partial charge in [0.2, 0.25) is 0 Å². The molecular weight excluding hydrogens is 212 g/mol. The fourth-order valence-electron chi connectivity index (χ4n) is 3.08. The predicted molar refractivity (Wildman–Crippen MR) is 69.1 cm³/mol. The molecule has 0 radical (unpaired) electrons. The van der Waals surface area contributed by atoms with Crippen molar-refractivity contribution in [2.45, 2.75) is 58.3 Å². The number of rotatable bonds is 1. The lowest BCUT2D eigenvalue weighted by Gasteiger charge is -2.40. The van der Waals surface area contributed by atoms with Gasteiger partial charge in [-0.3, -0.25) is 0 Å². The highest BCUT2D eigenvalue weighted by atomic mass is 16.5. The second-order valence-corrected chi connectivity index (χ2v) is 5.52.